The van der Waals surface area contributed by atoms with Crippen LogP contribution in [-0.2, 0) is 0 Å². The van der Waals surface area contributed by atoms with E-state index in [1.54, 1.807) is 19.2 Å². The molecule has 0 N–H and O–H groups in total. The summed E-state index contributed by atoms with van der Waals surface area (Å²) in [4.78, 5) is 11.2. The van der Waals surface area contributed by atoms with E-state index in [1.807, 2.05) is 0 Å². The Labute approximate surface area is 93.5 Å². The van der Waals surface area contributed by atoms with Crippen LogP contribution in [0.4, 0.5) is 0 Å². The molecule has 0 spiro atoms. The van der Waals surface area contributed by atoms with Gasteiger partial charge in [0, 0.05) is 14.5 Å². The third-order valence-corrected chi connectivity index (χ3v) is 3.63. The Hall–Kier alpha value is -0.350. The van der Waals surface area contributed by atoms with Gasteiger partial charge in [0.2, 0.25) is 0 Å². The molecule has 0 saturated carbocycles. The van der Waals surface area contributed by atoms with Crippen LogP contribution in [0, 0.1) is 0 Å². The van der Waals surface area contributed by atoms with Crippen molar-refractivity contribution in [3.63, 3.8) is 0 Å². The fourth-order valence-corrected chi connectivity index (χ4v) is 1.89. The summed E-state index contributed by atoms with van der Waals surface area (Å²) in [5.41, 5.74) is 0.617. The van der Waals surface area contributed by atoms with Gasteiger partial charge in [0.15, 0.2) is 5.78 Å². The lowest BCUT2D eigenvalue weighted by atomic mass is 10.1. The van der Waals surface area contributed by atoms with Crippen molar-refractivity contribution in [2.45, 2.75) is 6.92 Å². The molecule has 1 aromatic rings. The van der Waals surface area contributed by atoms with Gasteiger partial charge in [-0.1, -0.05) is 0 Å². The predicted molar refractivity (Wildman–Crippen MR) is 58.4 cm³/mol. The lowest BCUT2D eigenvalue weighted by Gasteiger charge is -2.06. The smallest absolute Gasteiger partial charge is 0.161 e. The van der Waals surface area contributed by atoms with Crippen LogP contribution in [0.15, 0.2) is 21.1 Å². The maximum Gasteiger partial charge on any atom is 0.161 e. The summed E-state index contributed by atoms with van der Waals surface area (Å²) < 4.78 is 6.62. The molecule has 0 radical (unpaired) electrons. The second-order valence-electron chi connectivity index (χ2n) is 2.53. The van der Waals surface area contributed by atoms with Crippen LogP contribution in [0.1, 0.15) is 17.3 Å². The van der Waals surface area contributed by atoms with E-state index in [0.717, 1.165) is 8.95 Å². The fourth-order valence-electron chi connectivity index (χ4n) is 0.938. The first-order valence-electron chi connectivity index (χ1n) is 3.60. The average molecular weight is 308 g/mol. The number of hydrogen-bond acceptors (Lipinski definition) is 2. The molecule has 0 unspecified atom stereocenters. The Balaban J connectivity index is 3.33. The highest BCUT2D eigenvalue weighted by Crippen LogP contribution is 2.31. The van der Waals surface area contributed by atoms with Crippen LogP contribution in [0.3, 0.4) is 0 Å². The molecule has 0 heterocycles. The van der Waals surface area contributed by atoms with Gasteiger partial charge in [-0.25, -0.2) is 0 Å². The number of hydrogen-bond donors (Lipinski definition) is 0. The number of ketones is 1. The van der Waals surface area contributed by atoms with Crippen molar-refractivity contribution in [3.8, 4) is 5.75 Å². The van der Waals surface area contributed by atoms with Crippen LogP contribution in [0.2, 0.25) is 0 Å². The number of ether oxygens (including phenoxy) is 1. The number of Topliss-reactive ketones (excluding diaryl/α,β-unsaturated/α-hetero) is 1. The molecule has 0 amide bonds. The number of rotatable bonds is 2. The van der Waals surface area contributed by atoms with Gasteiger partial charge in [0.25, 0.3) is 0 Å². The van der Waals surface area contributed by atoms with Crippen molar-refractivity contribution in [2.24, 2.45) is 0 Å². The highest BCUT2D eigenvalue weighted by atomic mass is 79.9. The first-order chi connectivity index (χ1) is 6.06. The Kier molecular flexibility index (Phi) is 3.50. The van der Waals surface area contributed by atoms with Crippen molar-refractivity contribution in [2.75, 3.05) is 7.11 Å². The highest BCUT2D eigenvalue weighted by molar-refractivity contribution is 9.13. The minimum Gasteiger partial charge on any atom is -0.497 e. The van der Waals surface area contributed by atoms with Crippen molar-refractivity contribution in [1.82, 2.24) is 0 Å². The summed E-state index contributed by atoms with van der Waals surface area (Å²) in [5.74, 6) is 0.673. The maximum atomic E-state index is 11.2. The van der Waals surface area contributed by atoms with Crippen molar-refractivity contribution >= 4 is 37.6 Å². The van der Waals surface area contributed by atoms with Crippen LogP contribution < -0.4 is 4.74 Å². The molecule has 0 aromatic heterocycles. The minimum absolute atomic E-state index is 0.00600. The monoisotopic (exact) mass is 306 g/mol. The molecule has 1 aromatic carbocycles. The molecule has 4 heteroatoms. The summed E-state index contributed by atoms with van der Waals surface area (Å²) in [7, 11) is 1.57. The normalized spacial score (nSPS) is 9.85. The van der Waals surface area contributed by atoms with Crippen LogP contribution >= 0.6 is 31.9 Å². The van der Waals surface area contributed by atoms with Crippen LogP contribution in [0.5, 0.6) is 5.75 Å². The molecular weight excluding hydrogens is 300 g/mol. The molecule has 0 saturated heterocycles. The molecule has 0 aliphatic heterocycles. The predicted octanol–water partition coefficient (Wildman–Crippen LogP) is 3.42. The van der Waals surface area contributed by atoms with E-state index in [4.69, 9.17) is 4.74 Å². The first kappa shape index (κ1) is 10.7. The van der Waals surface area contributed by atoms with Gasteiger partial charge in [-0.3, -0.25) is 4.79 Å². The van der Waals surface area contributed by atoms with Crippen molar-refractivity contribution in [1.29, 1.82) is 0 Å². The second kappa shape index (κ2) is 4.24. The van der Waals surface area contributed by atoms with Crippen LogP contribution in [0.25, 0.3) is 0 Å². The van der Waals surface area contributed by atoms with Gasteiger partial charge in [-0.15, -0.1) is 0 Å². The third kappa shape index (κ3) is 2.31. The molecule has 0 aliphatic rings. The zero-order chi connectivity index (χ0) is 10.0. The zero-order valence-electron chi connectivity index (χ0n) is 7.23. The number of carbonyl (C=O) groups is 1. The number of benzene rings is 1. The van der Waals surface area contributed by atoms with Gasteiger partial charge in [-0.05, 0) is 50.9 Å². The quantitative estimate of drug-likeness (QED) is 0.783. The molecular formula is C9H8Br2O2. The average Bonchev–Trinajstić information content (AvgIpc) is 2.09. The third-order valence-electron chi connectivity index (χ3n) is 1.62. The van der Waals surface area contributed by atoms with Gasteiger partial charge in [-0.2, -0.15) is 0 Å². The summed E-state index contributed by atoms with van der Waals surface area (Å²) in [6.07, 6.45) is 0. The van der Waals surface area contributed by atoms with Gasteiger partial charge in [0.05, 0.1) is 7.11 Å². The standard InChI is InChI=1S/C9H8Br2O2/c1-5(12)7-3-6(13-2)4-8(10)9(7)11/h3-4H,1-2H3. The summed E-state index contributed by atoms with van der Waals surface area (Å²) in [6, 6.07) is 3.51. The van der Waals surface area contributed by atoms with Crippen molar-refractivity contribution in [3.05, 3.63) is 26.6 Å². The lowest BCUT2D eigenvalue weighted by molar-refractivity contribution is 0.101. The maximum absolute atomic E-state index is 11.2. The number of carbonyl (C=O) groups excluding carboxylic acids is 1. The number of methoxy groups -OCH3 is 1. The zero-order valence-corrected chi connectivity index (χ0v) is 10.4. The van der Waals surface area contributed by atoms with Crippen molar-refractivity contribution < 1.29 is 9.53 Å². The van der Waals surface area contributed by atoms with Gasteiger partial charge >= 0.3 is 0 Å². The van der Waals surface area contributed by atoms with E-state index in [2.05, 4.69) is 31.9 Å². The topological polar surface area (TPSA) is 26.3 Å². The van der Waals surface area contributed by atoms with Gasteiger partial charge in [0.1, 0.15) is 5.75 Å². The van der Waals surface area contributed by atoms with E-state index in [0.29, 0.717) is 11.3 Å². The second-order valence-corrected chi connectivity index (χ2v) is 4.17. The van der Waals surface area contributed by atoms with E-state index < -0.39 is 0 Å². The molecule has 13 heavy (non-hydrogen) atoms. The van der Waals surface area contributed by atoms with Crippen LogP contribution in [-0.4, -0.2) is 12.9 Å². The lowest BCUT2D eigenvalue weighted by Crippen LogP contribution is -1.95. The Morgan fingerprint density at radius 1 is 1.38 bits per heavy atom. The molecule has 0 bridgehead atoms. The minimum atomic E-state index is 0.00600. The Bertz CT molecular complexity index is 348. The van der Waals surface area contributed by atoms with E-state index in [9.17, 15) is 4.79 Å². The van der Waals surface area contributed by atoms with E-state index >= 15 is 0 Å². The molecule has 0 aliphatic carbocycles. The molecule has 70 valence electrons. The molecule has 0 atom stereocenters. The summed E-state index contributed by atoms with van der Waals surface area (Å²) >= 11 is 6.65. The fraction of sp³-hybridized carbons (Fsp3) is 0.222. The highest BCUT2D eigenvalue weighted by Gasteiger charge is 2.10. The Morgan fingerprint density at radius 3 is 2.46 bits per heavy atom. The van der Waals surface area contributed by atoms with E-state index in [-0.39, 0.29) is 5.78 Å². The Morgan fingerprint density at radius 2 is 2.00 bits per heavy atom. The summed E-state index contributed by atoms with van der Waals surface area (Å²) in [6.45, 7) is 1.52. The van der Waals surface area contributed by atoms with E-state index in [1.165, 1.54) is 6.92 Å². The molecule has 0 fully saturated rings. The van der Waals surface area contributed by atoms with Gasteiger partial charge < -0.3 is 4.74 Å². The summed E-state index contributed by atoms with van der Waals surface area (Å²) in [5, 5.41) is 0. The number of halogens is 2. The molecule has 2 nitrogen and oxygen atoms in total. The first-order valence-corrected chi connectivity index (χ1v) is 5.19. The largest absolute Gasteiger partial charge is 0.497 e. The SMILES string of the molecule is COc1cc(Br)c(Br)c(C(C)=O)c1. The molecule has 1 rings (SSSR count).